The number of thioether (sulfide) groups is 1. The van der Waals surface area contributed by atoms with Crippen LogP contribution >= 0.6 is 11.8 Å². The molecule has 3 aromatic heterocycles. The Balaban J connectivity index is 1.25. The number of aromatic nitrogens is 4. The molecule has 1 saturated heterocycles. The van der Waals surface area contributed by atoms with Gasteiger partial charge in [0, 0.05) is 56.5 Å². The topological polar surface area (TPSA) is 108 Å². The number of rotatable bonds is 7. The molecule has 12 heteroatoms. The average Bonchev–Trinajstić information content (AvgIpc) is 3.61. The Bertz CT molecular complexity index is 1890. The van der Waals surface area contributed by atoms with Gasteiger partial charge >= 0.3 is 6.03 Å². The second-order valence-corrected chi connectivity index (χ2v) is 12.5. The van der Waals surface area contributed by atoms with Crippen molar-refractivity contribution in [3.8, 4) is 11.1 Å². The third kappa shape index (κ3) is 5.87. The Hall–Kier alpha value is -4.42. The number of carbonyl (C=O) groups is 2. The lowest BCUT2D eigenvalue weighted by atomic mass is 9.99. The Morgan fingerprint density at radius 3 is 2.73 bits per heavy atom. The quantitative estimate of drug-likeness (QED) is 0.236. The number of likely N-dealkylation sites (tertiary alicyclic amines) is 1. The van der Waals surface area contributed by atoms with Crippen molar-refractivity contribution in [2.24, 2.45) is 13.0 Å². The molecule has 234 valence electrons. The van der Waals surface area contributed by atoms with Gasteiger partial charge in [-0.2, -0.15) is 4.98 Å². The summed E-state index contributed by atoms with van der Waals surface area (Å²) in [5, 5.41) is 17.7. The maximum atomic E-state index is 13.9. The van der Waals surface area contributed by atoms with Crippen LogP contribution in [0.1, 0.15) is 41.7 Å². The number of urea groups is 1. The first kappa shape index (κ1) is 30.6. The van der Waals surface area contributed by atoms with Gasteiger partial charge in [0.15, 0.2) is 5.65 Å². The number of amides is 3. The van der Waals surface area contributed by atoms with E-state index in [-0.39, 0.29) is 47.6 Å². The van der Waals surface area contributed by atoms with Gasteiger partial charge in [-0.15, -0.1) is 16.9 Å². The smallest absolute Gasteiger partial charge is 0.325 e. The second-order valence-electron chi connectivity index (χ2n) is 11.5. The molecular weight excluding hydrogens is 593 g/mol. The summed E-state index contributed by atoms with van der Waals surface area (Å²) in [5.74, 6) is -0.266. The van der Waals surface area contributed by atoms with Gasteiger partial charge in [-0.05, 0) is 79.1 Å². The summed E-state index contributed by atoms with van der Waals surface area (Å²) in [6.07, 6.45) is 7.28. The van der Waals surface area contributed by atoms with Crippen LogP contribution in [-0.2, 0) is 7.05 Å². The fourth-order valence-corrected chi connectivity index (χ4v) is 7.21. The van der Waals surface area contributed by atoms with Crippen LogP contribution < -0.4 is 5.32 Å². The van der Waals surface area contributed by atoms with Crippen LogP contribution in [0.25, 0.3) is 27.7 Å². The minimum Gasteiger partial charge on any atom is -0.396 e. The molecule has 4 heterocycles. The normalized spacial score (nSPS) is 17.5. The first-order chi connectivity index (χ1) is 21.7. The molecule has 1 aliphatic heterocycles. The van der Waals surface area contributed by atoms with Crippen molar-refractivity contribution in [1.82, 2.24) is 29.0 Å². The van der Waals surface area contributed by atoms with Crippen molar-refractivity contribution in [2.75, 3.05) is 31.8 Å². The molecule has 1 aliphatic rings. The average molecular weight is 630 g/mol. The highest BCUT2D eigenvalue weighted by molar-refractivity contribution is 7.99. The molecule has 45 heavy (non-hydrogen) atoms. The number of carbonyl (C=O) groups excluding carboxylic acids is 2. The van der Waals surface area contributed by atoms with Crippen LogP contribution in [-0.4, -0.2) is 77.8 Å². The molecule has 10 nitrogen and oxygen atoms in total. The molecule has 0 spiro atoms. The number of pyridine rings is 1. The van der Waals surface area contributed by atoms with E-state index < -0.39 is 0 Å². The number of hydrogen-bond donors (Lipinski definition) is 2. The van der Waals surface area contributed by atoms with Gasteiger partial charge < -0.3 is 19.5 Å². The molecule has 0 bridgehead atoms. The molecule has 3 amide bonds. The Kier molecular flexibility index (Phi) is 8.52. The summed E-state index contributed by atoms with van der Waals surface area (Å²) in [6.45, 7) is 2.53. The minimum absolute atomic E-state index is 0.0334. The second kappa shape index (κ2) is 12.5. The van der Waals surface area contributed by atoms with Crippen molar-refractivity contribution in [3.05, 3.63) is 83.9 Å². The third-order valence-corrected chi connectivity index (χ3v) is 9.89. The summed E-state index contributed by atoms with van der Waals surface area (Å²) in [4.78, 5) is 34.8. The molecule has 0 aliphatic carbocycles. The molecule has 2 aromatic carbocycles. The van der Waals surface area contributed by atoms with Crippen LogP contribution in [0.4, 0.5) is 15.1 Å². The predicted molar refractivity (Wildman–Crippen MR) is 175 cm³/mol. The molecular formula is C33H36FN7O3S. The van der Waals surface area contributed by atoms with E-state index >= 15 is 0 Å². The summed E-state index contributed by atoms with van der Waals surface area (Å²) < 4.78 is 17.4. The Morgan fingerprint density at radius 1 is 1.18 bits per heavy atom. The van der Waals surface area contributed by atoms with Crippen LogP contribution in [0, 0.1) is 11.7 Å². The highest BCUT2D eigenvalue weighted by Crippen LogP contribution is 2.32. The number of nitrogens with one attached hydrogen (secondary N) is 1. The Morgan fingerprint density at radius 2 is 1.98 bits per heavy atom. The van der Waals surface area contributed by atoms with E-state index in [4.69, 9.17) is 0 Å². The SMILES string of the molecule is CSC1C(CO)CCCN1C(=O)Nc1nc2cc(-c3ccc4c(c3)c(C(=O)N(C)C(C)c3cccc(F)c3)cn4C)ccn2n1. The Labute approximate surface area is 264 Å². The molecule has 6 rings (SSSR count). The fourth-order valence-electron chi connectivity index (χ4n) is 6.15. The van der Waals surface area contributed by atoms with E-state index in [1.807, 2.05) is 67.4 Å². The summed E-state index contributed by atoms with van der Waals surface area (Å²) in [5.41, 5.74) is 4.52. The van der Waals surface area contributed by atoms with E-state index in [9.17, 15) is 19.1 Å². The molecule has 0 saturated carbocycles. The number of piperidine rings is 1. The van der Waals surface area contributed by atoms with E-state index in [1.165, 1.54) is 12.1 Å². The molecule has 3 atom stereocenters. The number of halogens is 1. The van der Waals surface area contributed by atoms with Gasteiger partial charge in [-0.1, -0.05) is 18.2 Å². The monoisotopic (exact) mass is 629 g/mol. The van der Waals surface area contributed by atoms with Gasteiger partial charge in [-0.25, -0.2) is 13.7 Å². The summed E-state index contributed by atoms with van der Waals surface area (Å²) >= 11 is 1.56. The highest BCUT2D eigenvalue weighted by Gasteiger charge is 2.34. The first-order valence-electron chi connectivity index (χ1n) is 14.9. The van der Waals surface area contributed by atoms with Crippen molar-refractivity contribution in [3.63, 3.8) is 0 Å². The van der Waals surface area contributed by atoms with Gasteiger partial charge in [0.1, 0.15) is 5.82 Å². The first-order valence-corrected chi connectivity index (χ1v) is 16.2. The molecule has 2 N–H and O–H groups in total. The largest absolute Gasteiger partial charge is 0.396 e. The maximum absolute atomic E-state index is 13.9. The van der Waals surface area contributed by atoms with Crippen LogP contribution in [0.3, 0.4) is 0 Å². The predicted octanol–water partition coefficient (Wildman–Crippen LogP) is 5.79. The van der Waals surface area contributed by atoms with Crippen LogP contribution in [0.15, 0.2) is 67.0 Å². The summed E-state index contributed by atoms with van der Waals surface area (Å²) in [6, 6.07) is 15.5. The van der Waals surface area contributed by atoms with Gasteiger partial charge in [0.2, 0.25) is 0 Å². The van der Waals surface area contributed by atoms with E-state index in [1.54, 1.807) is 45.4 Å². The van der Waals surface area contributed by atoms with Crippen molar-refractivity contribution in [1.29, 1.82) is 0 Å². The van der Waals surface area contributed by atoms with E-state index in [0.29, 0.717) is 17.8 Å². The standard InChI is InChI=1S/C33H36FN7O3S/c1-20(21-7-5-9-25(34)15-21)39(3)30(43)27-18-38(2)28-11-10-22(16-26(27)28)23-12-14-41-29(17-23)35-32(37-41)36-33(44)40-13-6-8-24(19-42)31(40)45-4/h5,7,9-12,14-18,20,24,31,42H,6,8,13,19H2,1-4H3,(H,36,37,44). The lowest BCUT2D eigenvalue weighted by Crippen LogP contribution is -2.49. The molecule has 5 aromatic rings. The van der Waals surface area contributed by atoms with Crippen molar-refractivity contribution >= 4 is 46.2 Å². The third-order valence-electron chi connectivity index (χ3n) is 8.76. The zero-order chi connectivity index (χ0) is 31.8. The number of fused-ring (bicyclic) bond motifs is 2. The zero-order valence-electron chi connectivity index (χ0n) is 25.6. The lowest BCUT2D eigenvalue weighted by Gasteiger charge is -2.39. The van der Waals surface area contributed by atoms with Crippen LogP contribution in [0.5, 0.6) is 0 Å². The number of aryl methyl sites for hydroxylation is 1. The molecule has 3 unspecified atom stereocenters. The van der Waals surface area contributed by atoms with E-state index in [2.05, 4.69) is 15.4 Å². The number of nitrogens with zero attached hydrogens (tertiary/aromatic N) is 6. The molecule has 0 radical (unpaired) electrons. The number of aliphatic hydroxyl groups excluding tert-OH is 1. The van der Waals surface area contributed by atoms with Crippen molar-refractivity contribution < 1.29 is 19.1 Å². The summed E-state index contributed by atoms with van der Waals surface area (Å²) in [7, 11) is 3.63. The van der Waals surface area contributed by atoms with Gasteiger partial charge in [0.05, 0.1) is 17.0 Å². The number of benzene rings is 2. The maximum Gasteiger partial charge on any atom is 0.325 e. The number of aliphatic hydroxyl groups is 1. The lowest BCUT2D eigenvalue weighted by molar-refractivity contribution is 0.0744. The van der Waals surface area contributed by atoms with Gasteiger partial charge in [0.25, 0.3) is 11.9 Å². The minimum atomic E-state index is -0.337. The van der Waals surface area contributed by atoms with Crippen molar-refractivity contribution in [2.45, 2.75) is 31.2 Å². The van der Waals surface area contributed by atoms with E-state index in [0.717, 1.165) is 40.4 Å². The van der Waals surface area contributed by atoms with Gasteiger partial charge in [-0.3, -0.25) is 10.1 Å². The zero-order valence-corrected chi connectivity index (χ0v) is 26.5. The number of hydrogen-bond acceptors (Lipinski definition) is 6. The highest BCUT2D eigenvalue weighted by atomic mass is 32.2. The molecule has 1 fully saturated rings. The fraction of sp³-hybridized carbons (Fsp3) is 0.333. The number of anilines is 1. The van der Waals surface area contributed by atoms with Crippen LogP contribution in [0.2, 0.25) is 0 Å².